The Morgan fingerprint density at radius 1 is 1.47 bits per heavy atom. The first-order valence-corrected chi connectivity index (χ1v) is 5.63. The van der Waals surface area contributed by atoms with Crippen LogP contribution in [-0.2, 0) is 4.79 Å². The van der Waals surface area contributed by atoms with E-state index >= 15 is 0 Å². The lowest BCUT2D eigenvalue weighted by Gasteiger charge is -2.11. The molecule has 0 amide bonds. The molecular weight excluding hydrogens is 215 g/mol. The second kappa shape index (κ2) is 5.75. The molecule has 0 saturated heterocycles. The van der Waals surface area contributed by atoms with Crippen molar-refractivity contribution in [1.29, 1.82) is 0 Å². The van der Waals surface area contributed by atoms with Crippen LogP contribution in [0.5, 0.6) is 0 Å². The molecule has 0 aliphatic rings. The minimum atomic E-state index is -0.795. The van der Waals surface area contributed by atoms with Crippen molar-refractivity contribution in [3.63, 3.8) is 0 Å². The number of aliphatic carboxylic acids is 1. The largest absolute Gasteiger partial charge is 0.481 e. The average Bonchev–Trinajstić information content (AvgIpc) is 2.19. The summed E-state index contributed by atoms with van der Waals surface area (Å²) in [6, 6.07) is 6.11. The topological polar surface area (TPSA) is 37.3 Å². The third kappa shape index (κ3) is 4.34. The molecule has 0 radical (unpaired) electrons. The van der Waals surface area contributed by atoms with Crippen molar-refractivity contribution >= 4 is 17.7 Å². The quantitative estimate of drug-likeness (QED) is 0.786. The molecule has 82 valence electrons. The fraction of sp³-hybridized carbons (Fsp3) is 0.364. The van der Waals surface area contributed by atoms with Crippen molar-refractivity contribution in [1.82, 2.24) is 0 Å². The van der Waals surface area contributed by atoms with Gasteiger partial charge in [-0.1, -0.05) is 6.92 Å². The molecule has 0 aliphatic heterocycles. The molecule has 1 rings (SSSR count). The predicted molar refractivity (Wildman–Crippen MR) is 58.6 cm³/mol. The Balaban J connectivity index is 2.58. The highest BCUT2D eigenvalue weighted by molar-refractivity contribution is 8.00. The van der Waals surface area contributed by atoms with Gasteiger partial charge in [0, 0.05) is 10.1 Å². The van der Waals surface area contributed by atoms with E-state index in [0.29, 0.717) is 0 Å². The van der Waals surface area contributed by atoms with Gasteiger partial charge in [0.2, 0.25) is 0 Å². The van der Waals surface area contributed by atoms with Gasteiger partial charge in [0.05, 0.1) is 6.42 Å². The molecule has 1 N–H and O–H groups in total. The van der Waals surface area contributed by atoms with Crippen LogP contribution in [0, 0.1) is 5.82 Å². The molecule has 0 saturated carbocycles. The lowest BCUT2D eigenvalue weighted by molar-refractivity contribution is -0.136. The molecule has 0 spiro atoms. The SMILES string of the molecule is CCC(CC(=O)O)Sc1ccc(F)cc1. The molecule has 0 bridgehead atoms. The van der Waals surface area contributed by atoms with E-state index in [9.17, 15) is 9.18 Å². The van der Waals surface area contributed by atoms with Gasteiger partial charge in [-0.05, 0) is 30.7 Å². The van der Waals surface area contributed by atoms with E-state index in [1.54, 1.807) is 12.1 Å². The van der Waals surface area contributed by atoms with E-state index in [4.69, 9.17) is 5.11 Å². The van der Waals surface area contributed by atoms with Gasteiger partial charge >= 0.3 is 5.97 Å². The molecule has 4 heteroatoms. The van der Waals surface area contributed by atoms with Crippen LogP contribution >= 0.6 is 11.8 Å². The lowest BCUT2D eigenvalue weighted by Crippen LogP contribution is -2.08. The van der Waals surface area contributed by atoms with Gasteiger partial charge in [-0.2, -0.15) is 0 Å². The maximum absolute atomic E-state index is 12.6. The van der Waals surface area contributed by atoms with Crippen molar-refractivity contribution < 1.29 is 14.3 Å². The highest BCUT2D eigenvalue weighted by atomic mass is 32.2. The number of carboxylic acids is 1. The molecule has 1 atom stereocenters. The van der Waals surface area contributed by atoms with Gasteiger partial charge in [-0.3, -0.25) is 4.79 Å². The summed E-state index contributed by atoms with van der Waals surface area (Å²) in [5, 5.41) is 8.71. The van der Waals surface area contributed by atoms with Gasteiger partial charge in [-0.15, -0.1) is 11.8 Å². The van der Waals surface area contributed by atoms with E-state index in [2.05, 4.69) is 0 Å². The molecule has 1 aromatic carbocycles. The fourth-order valence-electron chi connectivity index (χ4n) is 1.17. The summed E-state index contributed by atoms with van der Waals surface area (Å²) in [4.78, 5) is 11.4. The van der Waals surface area contributed by atoms with Crippen LogP contribution in [0.15, 0.2) is 29.2 Å². The van der Waals surface area contributed by atoms with Gasteiger partial charge in [0.15, 0.2) is 0 Å². The smallest absolute Gasteiger partial charge is 0.304 e. The second-order valence-electron chi connectivity index (χ2n) is 3.20. The normalized spacial score (nSPS) is 12.4. The summed E-state index contributed by atoms with van der Waals surface area (Å²) < 4.78 is 12.6. The number of hydrogen-bond donors (Lipinski definition) is 1. The Labute approximate surface area is 92.5 Å². The zero-order valence-electron chi connectivity index (χ0n) is 8.44. The molecule has 1 aromatic rings. The summed E-state index contributed by atoms with van der Waals surface area (Å²) in [6.45, 7) is 1.95. The molecule has 0 aliphatic carbocycles. The minimum Gasteiger partial charge on any atom is -0.481 e. The van der Waals surface area contributed by atoms with Gasteiger partial charge in [0.25, 0.3) is 0 Å². The average molecular weight is 228 g/mol. The van der Waals surface area contributed by atoms with Crippen molar-refractivity contribution in [2.24, 2.45) is 0 Å². The molecule has 2 nitrogen and oxygen atoms in total. The second-order valence-corrected chi connectivity index (χ2v) is 4.57. The van der Waals surface area contributed by atoms with Crippen molar-refractivity contribution in [2.75, 3.05) is 0 Å². The van der Waals surface area contributed by atoms with Crippen LogP contribution in [0.25, 0.3) is 0 Å². The fourth-order valence-corrected chi connectivity index (χ4v) is 2.24. The molecule has 15 heavy (non-hydrogen) atoms. The van der Waals surface area contributed by atoms with Crippen molar-refractivity contribution in [3.05, 3.63) is 30.1 Å². The number of thioether (sulfide) groups is 1. The molecular formula is C11H13FO2S. The van der Waals surface area contributed by atoms with Crippen molar-refractivity contribution in [3.8, 4) is 0 Å². The Morgan fingerprint density at radius 2 is 2.07 bits per heavy atom. The number of halogens is 1. The van der Waals surface area contributed by atoms with Crippen LogP contribution in [0.3, 0.4) is 0 Å². The zero-order valence-corrected chi connectivity index (χ0v) is 9.26. The minimum absolute atomic E-state index is 0.0490. The van der Waals surface area contributed by atoms with E-state index in [0.717, 1.165) is 11.3 Å². The summed E-state index contributed by atoms with van der Waals surface area (Å²) in [6.07, 6.45) is 0.923. The van der Waals surface area contributed by atoms with E-state index in [-0.39, 0.29) is 17.5 Å². The Hall–Kier alpha value is -1.03. The number of rotatable bonds is 5. The van der Waals surface area contributed by atoms with E-state index in [1.807, 2.05) is 6.92 Å². The lowest BCUT2D eigenvalue weighted by atomic mass is 10.2. The maximum atomic E-state index is 12.6. The first kappa shape index (κ1) is 12.0. The van der Waals surface area contributed by atoms with Crippen LogP contribution < -0.4 is 0 Å². The highest BCUT2D eigenvalue weighted by Crippen LogP contribution is 2.27. The third-order valence-electron chi connectivity index (χ3n) is 1.97. The predicted octanol–water partition coefficient (Wildman–Crippen LogP) is 3.17. The van der Waals surface area contributed by atoms with E-state index < -0.39 is 5.97 Å². The molecule has 0 aromatic heterocycles. The number of carboxylic acid groups (broad SMARTS) is 1. The molecule has 0 fully saturated rings. The van der Waals surface area contributed by atoms with E-state index in [1.165, 1.54) is 23.9 Å². The monoisotopic (exact) mass is 228 g/mol. The summed E-state index contributed by atoms with van der Waals surface area (Å²) >= 11 is 1.48. The first-order chi connectivity index (χ1) is 7.11. The van der Waals surface area contributed by atoms with Crippen LogP contribution in [0.2, 0.25) is 0 Å². The zero-order chi connectivity index (χ0) is 11.3. The number of carbonyl (C=O) groups is 1. The number of benzene rings is 1. The third-order valence-corrected chi connectivity index (χ3v) is 3.35. The van der Waals surface area contributed by atoms with Crippen LogP contribution in [0.4, 0.5) is 4.39 Å². The van der Waals surface area contributed by atoms with Gasteiger partial charge in [-0.25, -0.2) is 4.39 Å². The van der Waals surface area contributed by atoms with Gasteiger partial charge < -0.3 is 5.11 Å². The van der Waals surface area contributed by atoms with Crippen LogP contribution in [0.1, 0.15) is 19.8 Å². The maximum Gasteiger partial charge on any atom is 0.304 e. The summed E-state index contributed by atoms with van der Waals surface area (Å²) in [7, 11) is 0. The molecule has 0 heterocycles. The summed E-state index contributed by atoms with van der Waals surface area (Å²) in [5.41, 5.74) is 0. The Bertz CT molecular complexity index is 324. The summed E-state index contributed by atoms with van der Waals surface area (Å²) in [5.74, 6) is -1.07. The Morgan fingerprint density at radius 3 is 2.53 bits per heavy atom. The number of hydrogen-bond acceptors (Lipinski definition) is 2. The standard InChI is InChI=1S/C11H13FO2S/c1-2-9(7-11(13)14)15-10-5-3-8(12)4-6-10/h3-6,9H,2,7H2,1H3,(H,13,14). The first-order valence-electron chi connectivity index (χ1n) is 4.76. The highest BCUT2D eigenvalue weighted by Gasteiger charge is 2.12. The van der Waals surface area contributed by atoms with Crippen LogP contribution in [-0.4, -0.2) is 16.3 Å². The Kier molecular flexibility index (Phi) is 4.62. The van der Waals surface area contributed by atoms with Gasteiger partial charge in [0.1, 0.15) is 5.82 Å². The molecule has 1 unspecified atom stereocenters. The van der Waals surface area contributed by atoms with Crippen molar-refractivity contribution in [2.45, 2.75) is 29.9 Å².